The van der Waals surface area contributed by atoms with Gasteiger partial charge in [-0.1, -0.05) is 18.2 Å². The average molecular weight is 407 g/mol. The second-order valence-electron chi connectivity index (χ2n) is 6.72. The van der Waals surface area contributed by atoms with Gasteiger partial charge in [-0.2, -0.15) is 0 Å². The Balaban J connectivity index is 1.84. The molecule has 2 aromatic heterocycles. The number of thiocarbonyl (C=S) groups is 1. The number of pyridine rings is 1. The molecule has 148 valence electrons. The number of aromatic nitrogens is 2. The molecular weight excluding hydrogens is 384 g/mol. The summed E-state index contributed by atoms with van der Waals surface area (Å²) in [6.07, 6.45) is 3.75. The maximum absolute atomic E-state index is 12.3. The van der Waals surface area contributed by atoms with Crippen molar-refractivity contribution in [1.82, 2.24) is 19.8 Å². The van der Waals surface area contributed by atoms with Crippen LogP contribution in [0.25, 0.3) is 5.69 Å². The van der Waals surface area contributed by atoms with E-state index in [9.17, 15) is 4.79 Å². The van der Waals surface area contributed by atoms with Gasteiger partial charge in [0.25, 0.3) is 0 Å². The molecular formula is C22H22N4O2S. The van der Waals surface area contributed by atoms with Gasteiger partial charge < -0.3 is 19.5 Å². The highest BCUT2D eigenvalue weighted by Gasteiger charge is 2.40. The predicted molar refractivity (Wildman–Crippen MR) is 115 cm³/mol. The van der Waals surface area contributed by atoms with Crippen molar-refractivity contribution < 1.29 is 9.53 Å². The van der Waals surface area contributed by atoms with E-state index in [4.69, 9.17) is 17.0 Å². The van der Waals surface area contributed by atoms with Crippen LogP contribution >= 0.6 is 12.2 Å². The molecule has 1 aromatic carbocycles. The standard InChI is InChI=1S/C22H22N4O2S/c1-3-25-20(19(24-22(25)29)16-10-6-7-13-23-16)18-12-8-14-26(18)17-11-5-4-9-15(17)21(27)28-2/h4-14,19-20H,3H2,1-2H3,(H,24,29)/t19-,20+/m0/s1. The van der Waals surface area contributed by atoms with Crippen molar-refractivity contribution in [1.29, 1.82) is 0 Å². The van der Waals surface area contributed by atoms with E-state index in [1.54, 1.807) is 12.3 Å². The van der Waals surface area contributed by atoms with Gasteiger partial charge in [-0.05, 0) is 55.5 Å². The van der Waals surface area contributed by atoms with Gasteiger partial charge in [0.1, 0.15) is 0 Å². The van der Waals surface area contributed by atoms with Crippen LogP contribution < -0.4 is 5.32 Å². The second-order valence-corrected chi connectivity index (χ2v) is 7.11. The topological polar surface area (TPSA) is 59.4 Å². The first-order valence-electron chi connectivity index (χ1n) is 9.48. The summed E-state index contributed by atoms with van der Waals surface area (Å²) in [4.78, 5) is 19.0. The van der Waals surface area contributed by atoms with E-state index in [-0.39, 0.29) is 18.1 Å². The normalized spacial score (nSPS) is 18.6. The van der Waals surface area contributed by atoms with Gasteiger partial charge in [-0.3, -0.25) is 4.98 Å². The quantitative estimate of drug-likeness (QED) is 0.516. The number of esters is 1. The SMILES string of the molecule is CCN1C(=S)N[C@@H](c2ccccn2)[C@H]1c1cccn1-c1ccccc1C(=O)OC. The van der Waals surface area contributed by atoms with Crippen LogP contribution in [-0.4, -0.2) is 39.2 Å². The Labute approximate surface area is 175 Å². The number of nitrogens with one attached hydrogen (secondary N) is 1. The molecule has 0 radical (unpaired) electrons. The van der Waals surface area contributed by atoms with Gasteiger partial charge in [0.05, 0.1) is 36.1 Å². The molecule has 1 N–H and O–H groups in total. The maximum atomic E-state index is 12.3. The van der Waals surface area contributed by atoms with Crippen LogP contribution in [0.2, 0.25) is 0 Å². The minimum Gasteiger partial charge on any atom is -0.465 e. The third kappa shape index (κ3) is 3.38. The predicted octanol–water partition coefficient (Wildman–Crippen LogP) is 3.65. The highest BCUT2D eigenvalue weighted by atomic mass is 32.1. The molecule has 1 aliphatic rings. The molecule has 0 amide bonds. The third-order valence-corrected chi connectivity index (χ3v) is 5.54. The third-order valence-electron chi connectivity index (χ3n) is 5.19. The molecule has 1 fully saturated rings. The van der Waals surface area contributed by atoms with Crippen molar-refractivity contribution >= 4 is 23.3 Å². The summed E-state index contributed by atoms with van der Waals surface area (Å²) >= 11 is 5.62. The van der Waals surface area contributed by atoms with E-state index in [2.05, 4.69) is 28.2 Å². The Morgan fingerprint density at radius 3 is 2.69 bits per heavy atom. The zero-order valence-corrected chi connectivity index (χ0v) is 17.1. The van der Waals surface area contributed by atoms with Crippen molar-refractivity contribution in [2.45, 2.75) is 19.0 Å². The second kappa shape index (κ2) is 8.05. The number of likely N-dealkylation sites (N-methyl/N-ethyl adjacent to an activating group) is 1. The van der Waals surface area contributed by atoms with E-state index in [0.29, 0.717) is 10.7 Å². The number of hydrogen-bond donors (Lipinski definition) is 1. The highest BCUT2D eigenvalue weighted by molar-refractivity contribution is 7.80. The largest absolute Gasteiger partial charge is 0.465 e. The smallest absolute Gasteiger partial charge is 0.339 e. The number of benzene rings is 1. The Hall–Kier alpha value is -3.19. The van der Waals surface area contributed by atoms with Crippen molar-refractivity contribution in [2.24, 2.45) is 0 Å². The molecule has 2 atom stereocenters. The van der Waals surface area contributed by atoms with Crippen LogP contribution in [0.1, 0.15) is 40.8 Å². The van der Waals surface area contributed by atoms with Crippen LogP contribution in [0.4, 0.5) is 0 Å². The molecule has 3 heterocycles. The summed E-state index contributed by atoms with van der Waals surface area (Å²) in [5.74, 6) is -0.367. The van der Waals surface area contributed by atoms with Crippen LogP contribution in [0, 0.1) is 0 Å². The first-order chi connectivity index (χ1) is 14.2. The number of methoxy groups -OCH3 is 1. The van der Waals surface area contributed by atoms with E-state index >= 15 is 0 Å². The minimum atomic E-state index is -0.367. The first kappa shape index (κ1) is 19.1. The summed E-state index contributed by atoms with van der Waals surface area (Å²) in [6.45, 7) is 2.83. The maximum Gasteiger partial charge on any atom is 0.339 e. The van der Waals surface area contributed by atoms with Crippen LogP contribution in [0.3, 0.4) is 0 Å². The summed E-state index contributed by atoms with van der Waals surface area (Å²) in [6, 6.07) is 17.2. The molecule has 0 saturated carbocycles. The van der Waals surface area contributed by atoms with E-state index in [1.807, 2.05) is 53.2 Å². The Bertz CT molecular complexity index is 1030. The van der Waals surface area contributed by atoms with Crippen molar-refractivity contribution in [3.63, 3.8) is 0 Å². The molecule has 1 aliphatic heterocycles. The monoisotopic (exact) mass is 406 g/mol. The molecule has 29 heavy (non-hydrogen) atoms. The number of ether oxygens (including phenoxy) is 1. The van der Waals surface area contributed by atoms with E-state index in [0.717, 1.165) is 23.6 Å². The first-order valence-corrected chi connectivity index (χ1v) is 9.89. The fraction of sp³-hybridized carbons (Fsp3) is 0.227. The van der Waals surface area contributed by atoms with Crippen LogP contribution in [0.15, 0.2) is 67.0 Å². The summed E-state index contributed by atoms with van der Waals surface area (Å²) in [5.41, 5.74) is 3.22. The lowest BCUT2D eigenvalue weighted by Gasteiger charge is -2.28. The minimum absolute atomic E-state index is 0.0666. The Morgan fingerprint density at radius 2 is 1.97 bits per heavy atom. The molecule has 3 aromatic rings. The zero-order chi connectivity index (χ0) is 20.4. The number of rotatable bonds is 5. The van der Waals surface area contributed by atoms with Gasteiger partial charge >= 0.3 is 5.97 Å². The van der Waals surface area contributed by atoms with Crippen molar-refractivity contribution in [2.75, 3.05) is 13.7 Å². The Morgan fingerprint density at radius 1 is 1.17 bits per heavy atom. The number of hydrogen-bond acceptors (Lipinski definition) is 4. The number of nitrogens with zero attached hydrogens (tertiary/aromatic N) is 3. The van der Waals surface area contributed by atoms with E-state index in [1.165, 1.54) is 7.11 Å². The number of para-hydroxylation sites is 1. The fourth-order valence-electron chi connectivity index (χ4n) is 3.89. The highest BCUT2D eigenvalue weighted by Crippen LogP contribution is 2.39. The molecule has 1 saturated heterocycles. The van der Waals surface area contributed by atoms with Crippen LogP contribution in [-0.2, 0) is 4.74 Å². The van der Waals surface area contributed by atoms with Crippen molar-refractivity contribution in [3.8, 4) is 5.69 Å². The van der Waals surface area contributed by atoms with Gasteiger partial charge in [-0.15, -0.1) is 0 Å². The summed E-state index contributed by atoms with van der Waals surface area (Å²) in [7, 11) is 1.39. The van der Waals surface area contributed by atoms with E-state index < -0.39 is 0 Å². The fourth-order valence-corrected chi connectivity index (χ4v) is 4.26. The van der Waals surface area contributed by atoms with Crippen LogP contribution in [0.5, 0.6) is 0 Å². The average Bonchev–Trinajstić information content (AvgIpc) is 3.37. The zero-order valence-electron chi connectivity index (χ0n) is 16.3. The van der Waals surface area contributed by atoms with Crippen molar-refractivity contribution in [3.05, 3.63) is 83.9 Å². The molecule has 4 rings (SSSR count). The molecule has 0 spiro atoms. The van der Waals surface area contributed by atoms with Gasteiger partial charge in [-0.25, -0.2) is 4.79 Å². The lowest BCUT2D eigenvalue weighted by atomic mass is 10.0. The summed E-state index contributed by atoms with van der Waals surface area (Å²) in [5, 5.41) is 4.12. The van der Waals surface area contributed by atoms with Gasteiger partial charge in [0, 0.05) is 24.6 Å². The molecule has 0 aliphatic carbocycles. The van der Waals surface area contributed by atoms with Gasteiger partial charge in [0.15, 0.2) is 5.11 Å². The molecule has 7 heteroatoms. The lowest BCUT2D eigenvalue weighted by Crippen LogP contribution is -2.30. The number of carbonyl (C=O) groups excluding carboxylic acids is 1. The lowest BCUT2D eigenvalue weighted by molar-refractivity contribution is 0.0600. The number of carbonyl (C=O) groups is 1. The molecule has 6 nitrogen and oxygen atoms in total. The van der Waals surface area contributed by atoms with Gasteiger partial charge in [0.2, 0.25) is 0 Å². The molecule has 0 bridgehead atoms. The summed E-state index contributed by atoms with van der Waals surface area (Å²) < 4.78 is 7.02. The molecule has 0 unspecified atom stereocenters. The Kier molecular flexibility index (Phi) is 5.31.